The molecule has 4 rings (SSSR count). The molecule has 3 aliphatic rings. The standard InChI is InChI=1S/C22H29Cl2N3O2/c23-16-9-10-17(24)18(13-16)25-22(29)20-8-4-11-26(20)14-21(28)27-12-3-6-15-5-1-2-7-19(15)27/h9-10,13,15,19-20H,1-8,11-12,14H2,(H,25,29)/t15-,19-,20+/m1/s1. The van der Waals surface area contributed by atoms with Crippen molar-refractivity contribution in [1.82, 2.24) is 9.80 Å². The molecule has 1 aromatic carbocycles. The number of carbonyl (C=O) groups is 2. The van der Waals surface area contributed by atoms with E-state index in [2.05, 4.69) is 10.2 Å². The van der Waals surface area contributed by atoms with Crippen LogP contribution in [0.3, 0.4) is 0 Å². The summed E-state index contributed by atoms with van der Waals surface area (Å²) >= 11 is 12.2. The Morgan fingerprint density at radius 3 is 2.62 bits per heavy atom. The van der Waals surface area contributed by atoms with Gasteiger partial charge in [-0.1, -0.05) is 36.0 Å². The quantitative estimate of drug-likeness (QED) is 0.749. The van der Waals surface area contributed by atoms with Crippen LogP contribution < -0.4 is 5.32 Å². The average molecular weight is 438 g/mol. The van der Waals surface area contributed by atoms with Crippen molar-refractivity contribution < 1.29 is 9.59 Å². The third-order valence-electron chi connectivity index (χ3n) is 6.75. The van der Waals surface area contributed by atoms with Crippen LogP contribution in [0.2, 0.25) is 10.0 Å². The van der Waals surface area contributed by atoms with Crippen LogP contribution in [0, 0.1) is 5.92 Å². The molecule has 2 heterocycles. The topological polar surface area (TPSA) is 52.7 Å². The molecule has 0 bridgehead atoms. The van der Waals surface area contributed by atoms with Gasteiger partial charge in [-0.3, -0.25) is 14.5 Å². The fourth-order valence-corrected chi connectivity index (χ4v) is 5.66. The maximum Gasteiger partial charge on any atom is 0.241 e. The van der Waals surface area contributed by atoms with Crippen molar-refractivity contribution in [2.75, 3.05) is 25.0 Å². The zero-order chi connectivity index (χ0) is 20.4. The highest BCUT2D eigenvalue weighted by molar-refractivity contribution is 6.35. The van der Waals surface area contributed by atoms with Gasteiger partial charge in [0.1, 0.15) is 0 Å². The van der Waals surface area contributed by atoms with E-state index in [4.69, 9.17) is 23.2 Å². The van der Waals surface area contributed by atoms with E-state index in [1.807, 2.05) is 4.90 Å². The zero-order valence-corrected chi connectivity index (χ0v) is 18.2. The minimum atomic E-state index is -0.305. The van der Waals surface area contributed by atoms with Crippen molar-refractivity contribution in [2.24, 2.45) is 5.92 Å². The predicted octanol–water partition coefficient (Wildman–Crippen LogP) is 4.58. The first-order chi connectivity index (χ1) is 14.0. The van der Waals surface area contributed by atoms with Crippen LogP contribution in [-0.2, 0) is 9.59 Å². The van der Waals surface area contributed by atoms with E-state index in [1.165, 1.54) is 25.7 Å². The van der Waals surface area contributed by atoms with Gasteiger partial charge >= 0.3 is 0 Å². The Kier molecular flexibility index (Phi) is 6.67. The molecule has 1 aromatic rings. The van der Waals surface area contributed by atoms with Crippen LogP contribution in [0.4, 0.5) is 5.69 Å². The molecule has 0 spiro atoms. The van der Waals surface area contributed by atoms with Crippen LogP contribution in [0.25, 0.3) is 0 Å². The summed E-state index contributed by atoms with van der Waals surface area (Å²) in [6.45, 7) is 1.96. The molecule has 5 nitrogen and oxygen atoms in total. The Bertz CT molecular complexity index is 770. The number of anilines is 1. The molecule has 2 amide bonds. The second-order valence-corrected chi connectivity index (χ2v) is 9.43. The van der Waals surface area contributed by atoms with Gasteiger partial charge in [-0.2, -0.15) is 0 Å². The number of rotatable bonds is 4. The van der Waals surface area contributed by atoms with Crippen LogP contribution in [0.15, 0.2) is 18.2 Å². The van der Waals surface area contributed by atoms with Crippen molar-refractivity contribution >= 4 is 40.7 Å². The van der Waals surface area contributed by atoms with Gasteiger partial charge in [-0.25, -0.2) is 0 Å². The highest BCUT2D eigenvalue weighted by Gasteiger charge is 2.38. The largest absolute Gasteiger partial charge is 0.338 e. The summed E-state index contributed by atoms with van der Waals surface area (Å²) in [6, 6.07) is 5.12. The molecule has 3 fully saturated rings. The fourth-order valence-electron chi connectivity index (χ4n) is 5.32. The summed E-state index contributed by atoms with van der Waals surface area (Å²) in [5, 5.41) is 3.88. The number of piperidine rings is 1. The van der Waals surface area contributed by atoms with Gasteiger partial charge in [0.05, 0.1) is 23.3 Å². The van der Waals surface area contributed by atoms with Crippen molar-refractivity contribution in [2.45, 2.75) is 63.5 Å². The summed E-state index contributed by atoms with van der Waals surface area (Å²) < 4.78 is 0. The second-order valence-electron chi connectivity index (χ2n) is 8.58. The summed E-state index contributed by atoms with van der Waals surface area (Å²) in [5.41, 5.74) is 0.517. The summed E-state index contributed by atoms with van der Waals surface area (Å²) in [7, 11) is 0. The van der Waals surface area contributed by atoms with E-state index >= 15 is 0 Å². The molecule has 7 heteroatoms. The Morgan fingerprint density at radius 2 is 1.76 bits per heavy atom. The van der Waals surface area contributed by atoms with Gasteiger partial charge < -0.3 is 10.2 Å². The highest BCUT2D eigenvalue weighted by Crippen LogP contribution is 2.35. The first-order valence-corrected chi connectivity index (χ1v) is 11.6. The van der Waals surface area contributed by atoms with Crippen LogP contribution in [-0.4, -0.2) is 53.3 Å². The number of halogens is 2. The molecule has 1 N–H and O–H groups in total. The fraction of sp³-hybridized carbons (Fsp3) is 0.636. The lowest BCUT2D eigenvalue weighted by Crippen LogP contribution is -2.53. The minimum Gasteiger partial charge on any atom is -0.338 e. The lowest BCUT2D eigenvalue weighted by molar-refractivity contribution is -0.139. The number of hydrogen-bond acceptors (Lipinski definition) is 3. The smallest absolute Gasteiger partial charge is 0.241 e. The van der Waals surface area contributed by atoms with Crippen LogP contribution in [0.1, 0.15) is 51.4 Å². The number of nitrogens with zero attached hydrogens (tertiary/aromatic N) is 2. The molecular formula is C22H29Cl2N3O2. The number of nitrogens with one attached hydrogen (secondary N) is 1. The van der Waals surface area contributed by atoms with Crippen LogP contribution in [0.5, 0.6) is 0 Å². The normalized spacial score (nSPS) is 27.5. The van der Waals surface area contributed by atoms with Crippen molar-refractivity contribution in [3.63, 3.8) is 0 Å². The molecule has 3 atom stereocenters. The van der Waals surface area contributed by atoms with Gasteiger partial charge in [0.15, 0.2) is 0 Å². The van der Waals surface area contributed by atoms with Crippen molar-refractivity contribution in [3.05, 3.63) is 28.2 Å². The first kappa shape index (κ1) is 21.0. The maximum atomic E-state index is 13.1. The maximum absolute atomic E-state index is 13.1. The Balaban J connectivity index is 1.39. The SMILES string of the molecule is O=C(Nc1cc(Cl)ccc1Cl)[C@@H]1CCCN1CC(=O)N1CCC[C@H]2CCCC[C@H]21. The summed E-state index contributed by atoms with van der Waals surface area (Å²) in [6.07, 6.45) is 8.93. The van der Waals surface area contributed by atoms with Gasteiger partial charge in [0, 0.05) is 17.6 Å². The van der Waals surface area contributed by atoms with Gasteiger partial charge in [-0.05, 0) is 69.2 Å². The third-order valence-corrected chi connectivity index (χ3v) is 7.32. The summed E-state index contributed by atoms with van der Waals surface area (Å²) in [5.74, 6) is 0.736. The number of benzene rings is 1. The van der Waals surface area contributed by atoms with E-state index in [0.717, 1.165) is 38.8 Å². The Hall–Kier alpha value is -1.30. The molecular weight excluding hydrogens is 409 g/mol. The van der Waals surface area contributed by atoms with Crippen molar-refractivity contribution in [3.8, 4) is 0 Å². The summed E-state index contributed by atoms with van der Waals surface area (Å²) in [4.78, 5) is 30.2. The Labute approximate surface area is 182 Å². The number of hydrogen-bond donors (Lipinski definition) is 1. The van der Waals surface area contributed by atoms with Crippen molar-refractivity contribution in [1.29, 1.82) is 0 Å². The monoisotopic (exact) mass is 437 g/mol. The zero-order valence-electron chi connectivity index (χ0n) is 16.7. The molecule has 2 saturated heterocycles. The lowest BCUT2D eigenvalue weighted by atomic mass is 9.78. The van der Waals surface area contributed by atoms with E-state index in [9.17, 15) is 9.59 Å². The Morgan fingerprint density at radius 1 is 1.00 bits per heavy atom. The second kappa shape index (κ2) is 9.23. The third kappa shape index (κ3) is 4.73. The number of fused-ring (bicyclic) bond motifs is 1. The molecule has 1 saturated carbocycles. The van der Waals surface area contributed by atoms with E-state index in [1.54, 1.807) is 18.2 Å². The molecule has 2 aliphatic heterocycles. The minimum absolute atomic E-state index is 0.117. The van der Waals surface area contributed by atoms with Gasteiger partial charge in [-0.15, -0.1) is 0 Å². The molecule has 0 unspecified atom stereocenters. The first-order valence-electron chi connectivity index (χ1n) is 10.8. The van der Waals surface area contributed by atoms with E-state index in [-0.39, 0.29) is 17.9 Å². The molecule has 0 radical (unpaired) electrons. The van der Waals surface area contributed by atoms with E-state index < -0.39 is 0 Å². The molecule has 29 heavy (non-hydrogen) atoms. The van der Waals surface area contributed by atoms with E-state index in [0.29, 0.717) is 34.2 Å². The molecule has 158 valence electrons. The number of amides is 2. The number of carbonyl (C=O) groups excluding carboxylic acids is 2. The highest BCUT2D eigenvalue weighted by atomic mass is 35.5. The lowest BCUT2D eigenvalue weighted by Gasteiger charge is -2.44. The van der Waals surface area contributed by atoms with Gasteiger partial charge in [0.2, 0.25) is 11.8 Å². The number of likely N-dealkylation sites (tertiary alicyclic amines) is 2. The average Bonchev–Trinajstić information content (AvgIpc) is 3.18. The molecule has 0 aromatic heterocycles. The predicted molar refractivity (Wildman–Crippen MR) is 116 cm³/mol. The van der Waals surface area contributed by atoms with Crippen LogP contribution >= 0.6 is 23.2 Å². The molecule has 1 aliphatic carbocycles. The van der Waals surface area contributed by atoms with Gasteiger partial charge in [0.25, 0.3) is 0 Å².